The summed E-state index contributed by atoms with van der Waals surface area (Å²) in [6.07, 6.45) is 6.48. The number of hydrogen-bond acceptors (Lipinski definition) is 3. The van der Waals surface area contributed by atoms with Crippen LogP contribution in [0.15, 0.2) is 24.3 Å². The van der Waals surface area contributed by atoms with Crippen molar-refractivity contribution >= 4 is 11.9 Å². The average molecular weight is 319 g/mol. The summed E-state index contributed by atoms with van der Waals surface area (Å²) in [6, 6.07) is 6.77. The fourth-order valence-electron chi connectivity index (χ4n) is 2.23. The topological polar surface area (TPSA) is 55.4 Å². The van der Waals surface area contributed by atoms with E-state index in [-0.39, 0.29) is 11.9 Å². The third kappa shape index (κ3) is 7.31. The second-order valence-electron chi connectivity index (χ2n) is 5.83. The van der Waals surface area contributed by atoms with Crippen LogP contribution in [-0.4, -0.2) is 24.5 Å². The smallest absolute Gasteiger partial charge is 0.328 e. The standard InChI is InChI=1S/C19H29NO3/c1-4-6-7-8-9-14-23-19(22)15(3)20-18(21)17-12-10-16(5-2)11-13-17/h10-13,15H,4-9,14H2,1-3H3,(H,20,21). The molecule has 0 heterocycles. The Kier molecular flexibility index (Phi) is 9.03. The Morgan fingerprint density at radius 1 is 1.04 bits per heavy atom. The maximum Gasteiger partial charge on any atom is 0.328 e. The predicted octanol–water partition coefficient (Wildman–Crippen LogP) is 3.88. The van der Waals surface area contributed by atoms with Gasteiger partial charge in [-0.1, -0.05) is 51.7 Å². The highest BCUT2D eigenvalue weighted by atomic mass is 16.5. The average Bonchev–Trinajstić information content (AvgIpc) is 2.57. The maximum absolute atomic E-state index is 12.1. The molecule has 0 spiro atoms. The van der Waals surface area contributed by atoms with Gasteiger partial charge in [0.15, 0.2) is 0 Å². The van der Waals surface area contributed by atoms with Crippen LogP contribution in [0, 0.1) is 0 Å². The van der Waals surface area contributed by atoms with E-state index in [0.29, 0.717) is 12.2 Å². The van der Waals surface area contributed by atoms with Crippen molar-refractivity contribution in [2.24, 2.45) is 0 Å². The predicted molar refractivity (Wildman–Crippen MR) is 92.5 cm³/mol. The summed E-state index contributed by atoms with van der Waals surface area (Å²) in [5.74, 6) is -0.626. The van der Waals surface area contributed by atoms with E-state index in [1.165, 1.54) is 24.8 Å². The van der Waals surface area contributed by atoms with Crippen LogP contribution < -0.4 is 5.32 Å². The first kappa shape index (κ1) is 19.2. The number of benzene rings is 1. The van der Waals surface area contributed by atoms with Crippen LogP contribution >= 0.6 is 0 Å². The van der Waals surface area contributed by atoms with Crippen molar-refractivity contribution < 1.29 is 14.3 Å². The molecule has 1 rings (SSSR count). The van der Waals surface area contributed by atoms with Gasteiger partial charge in [0.05, 0.1) is 6.61 Å². The SMILES string of the molecule is CCCCCCCOC(=O)C(C)NC(=O)c1ccc(CC)cc1. The third-order valence-corrected chi connectivity index (χ3v) is 3.82. The lowest BCUT2D eigenvalue weighted by molar-refractivity contribution is -0.145. The summed E-state index contributed by atoms with van der Waals surface area (Å²) in [5, 5.41) is 2.68. The van der Waals surface area contributed by atoms with Crippen molar-refractivity contribution in [2.75, 3.05) is 6.61 Å². The molecule has 0 bridgehead atoms. The molecular formula is C19H29NO3. The summed E-state index contributed by atoms with van der Waals surface area (Å²) in [5.41, 5.74) is 1.73. The lowest BCUT2D eigenvalue weighted by Gasteiger charge is -2.13. The number of aryl methyl sites for hydroxylation is 1. The molecule has 1 atom stereocenters. The molecule has 0 aliphatic carbocycles. The monoisotopic (exact) mass is 319 g/mol. The van der Waals surface area contributed by atoms with E-state index in [0.717, 1.165) is 19.3 Å². The van der Waals surface area contributed by atoms with Gasteiger partial charge in [-0.15, -0.1) is 0 Å². The minimum atomic E-state index is -0.635. The summed E-state index contributed by atoms with van der Waals surface area (Å²) in [6.45, 7) is 6.31. The first-order valence-electron chi connectivity index (χ1n) is 8.64. The molecule has 23 heavy (non-hydrogen) atoms. The van der Waals surface area contributed by atoms with Gasteiger partial charge in [0, 0.05) is 5.56 Å². The van der Waals surface area contributed by atoms with Crippen LogP contribution in [0.25, 0.3) is 0 Å². The van der Waals surface area contributed by atoms with E-state index in [9.17, 15) is 9.59 Å². The van der Waals surface area contributed by atoms with Crippen LogP contribution in [0.3, 0.4) is 0 Å². The molecule has 1 amide bonds. The van der Waals surface area contributed by atoms with E-state index >= 15 is 0 Å². The van der Waals surface area contributed by atoms with E-state index in [2.05, 4.69) is 19.2 Å². The van der Waals surface area contributed by atoms with E-state index < -0.39 is 6.04 Å². The van der Waals surface area contributed by atoms with Crippen LogP contribution in [0.2, 0.25) is 0 Å². The molecule has 1 N–H and O–H groups in total. The fourth-order valence-corrected chi connectivity index (χ4v) is 2.23. The zero-order valence-corrected chi connectivity index (χ0v) is 14.6. The molecule has 1 aromatic rings. The van der Waals surface area contributed by atoms with E-state index in [1.807, 2.05) is 12.1 Å². The number of ether oxygens (including phenoxy) is 1. The zero-order valence-electron chi connectivity index (χ0n) is 14.6. The highest BCUT2D eigenvalue weighted by Gasteiger charge is 2.17. The minimum absolute atomic E-state index is 0.250. The highest BCUT2D eigenvalue weighted by Crippen LogP contribution is 2.06. The van der Waals surface area contributed by atoms with Crippen LogP contribution in [0.1, 0.15) is 68.8 Å². The molecule has 4 heteroatoms. The molecule has 0 aromatic heterocycles. The number of unbranched alkanes of at least 4 members (excludes halogenated alkanes) is 4. The molecule has 0 saturated carbocycles. The van der Waals surface area contributed by atoms with Crippen molar-refractivity contribution in [3.05, 3.63) is 35.4 Å². The largest absolute Gasteiger partial charge is 0.464 e. The van der Waals surface area contributed by atoms with Gasteiger partial charge < -0.3 is 10.1 Å². The normalized spacial score (nSPS) is 11.8. The van der Waals surface area contributed by atoms with Gasteiger partial charge in [-0.05, 0) is 37.5 Å². The van der Waals surface area contributed by atoms with Crippen LogP contribution in [-0.2, 0) is 16.0 Å². The van der Waals surface area contributed by atoms with Crippen LogP contribution in [0.4, 0.5) is 0 Å². The molecule has 0 fully saturated rings. The summed E-state index contributed by atoms with van der Waals surface area (Å²) in [7, 11) is 0. The van der Waals surface area contributed by atoms with Crippen molar-refractivity contribution in [1.29, 1.82) is 0 Å². The van der Waals surface area contributed by atoms with Crippen LogP contribution in [0.5, 0.6) is 0 Å². The zero-order chi connectivity index (χ0) is 17.1. The molecule has 0 radical (unpaired) electrons. The summed E-state index contributed by atoms with van der Waals surface area (Å²) < 4.78 is 5.20. The Hall–Kier alpha value is -1.84. The second-order valence-corrected chi connectivity index (χ2v) is 5.83. The number of esters is 1. The van der Waals surface area contributed by atoms with Gasteiger partial charge in [0.2, 0.25) is 0 Å². The number of carbonyl (C=O) groups excluding carboxylic acids is 2. The third-order valence-electron chi connectivity index (χ3n) is 3.82. The lowest BCUT2D eigenvalue weighted by Crippen LogP contribution is -2.39. The second kappa shape index (κ2) is 10.8. The quantitative estimate of drug-likeness (QED) is 0.526. The summed E-state index contributed by atoms with van der Waals surface area (Å²) >= 11 is 0. The van der Waals surface area contributed by atoms with Gasteiger partial charge in [-0.3, -0.25) is 4.79 Å². The Bertz CT molecular complexity index is 482. The Balaban J connectivity index is 2.31. The summed E-state index contributed by atoms with van der Waals surface area (Å²) in [4.78, 5) is 24.0. The molecular weight excluding hydrogens is 290 g/mol. The first-order valence-corrected chi connectivity index (χ1v) is 8.64. The van der Waals surface area contributed by atoms with Gasteiger partial charge >= 0.3 is 5.97 Å². The molecule has 0 saturated heterocycles. The molecule has 128 valence electrons. The number of hydrogen-bond donors (Lipinski definition) is 1. The number of amides is 1. The fraction of sp³-hybridized carbons (Fsp3) is 0.579. The van der Waals surface area contributed by atoms with Gasteiger partial charge in [-0.25, -0.2) is 4.79 Å². The van der Waals surface area contributed by atoms with E-state index in [4.69, 9.17) is 4.74 Å². The molecule has 0 aliphatic heterocycles. The maximum atomic E-state index is 12.1. The van der Waals surface area contributed by atoms with Gasteiger partial charge in [0.25, 0.3) is 5.91 Å². The Labute approximate surface area is 139 Å². The van der Waals surface area contributed by atoms with Crippen molar-refractivity contribution in [1.82, 2.24) is 5.32 Å². The highest BCUT2D eigenvalue weighted by molar-refractivity contribution is 5.96. The molecule has 1 unspecified atom stereocenters. The van der Waals surface area contributed by atoms with Crippen molar-refractivity contribution in [2.45, 2.75) is 65.3 Å². The molecule has 1 aromatic carbocycles. The lowest BCUT2D eigenvalue weighted by atomic mass is 10.1. The van der Waals surface area contributed by atoms with Gasteiger partial charge in [-0.2, -0.15) is 0 Å². The number of rotatable bonds is 10. The first-order chi connectivity index (χ1) is 11.1. The molecule has 0 aliphatic rings. The van der Waals surface area contributed by atoms with Crippen molar-refractivity contribution in [3.8, 4) is 0 Å². The van der Waals surface area contributed by atoms with Gasteiger partial charge in [0.1, 0.15) is 6.04 Å². The Morgan fingerprint density at radius 2 is 1.70 bits per heavy atom. The van der Waals surface area contributed by atoms with E-state index in [1.54, 1.807) is 19.1 Å². The minimum Gasteiger partial charge on any atom is -0.464 e. The molecule has 4 nitrogen and oxygen atoms in total. The Morgan fingerprint density at radius 3 is 2.30 bits per heavy atom. The number of carbonyl (C=O) groups is 2. The van der Waals surface area contributed by atoms with Crippen molar-refractivity contribution in [3.63, 3.8) is 0 Å². The number of nitrogens with one attached hydrogen (secondary N) is 1.